The number of piperidine rings is 1. The highest BCUT2D eigenvalue weighted by molar-refractivity contribution is 5.69. The first-order valence-electron chi connectivity index (χ1n) is 6.65. The zero-order valence-electron chi connectivity index (χ0n) is 12.0. The van der Waals surface area contributed by atoms with Gasteiger partial charge in [0.2, 0.25) is 11.6 Å². The van der Waals surface area contributed by atoms with Gasteiger partial charge in [0.15, 0.2) is 0 Å². The highest BCUT2D eigenvalue weighted by Crippen LogP contribution is 2.30. The van der Waals surface area contributed by atoms with Gasteiger partial charge < -0.3 is 15.5 Å². The number of anilines is 2. The number of nitro groups is 1. The lowest BCUT2D eigenvalue weighted by molar-refractivity contribution is -0.383. The summed E-state index contributed by atoms with van der Waals surface area (Å²) in [4.78, 5) is 21.0. The molecular weight excluding hydrogens is 260 g/mol. The minimum atomic E-state index is -0.451. The SMILES string of the molecule is CNc1ncnc(NC2CCN(C)CC2C)c1[N+](=O)[O-]. The molecule has 20 heavy (non-hydrogen) atoms. The van der Waals surface area contributed by atoms with Crippen molar-refractivity contribution in [3.05, 3.63) is 16.4 Å². The standard InChI is InChI=1S/C12H20N6O2/c1-8-6-17(3)5-4-9(8)16-12-10(18(19)20)11(13-2)14-7-15-12/h7-9H,4-6H2,1-3H3,(H2,13,14,15,16). The molecule has 0 bridgehead atoms. The van der Waals surface area contributed by atoms with E-state index in [4.69, 9.17) is 0 Å². The van der Waals surface area contributed by atoms with Crippen LogP contribution in [0.1, 0.15) is 13.3 Å². The molecule has 2 rings (SSSR count). The van der Waals surface area contributed by atoms with Crippen LogP contribution in [0.2, 0.25) is 0 Å². The van der Waals surface area contributed by atoms with Crippen LogP contribution in [-0.2, 0) is 0 Å². The molecule has 1 aromatic rings. The average Bonchev–Trinajstić information content (AvgIpc) is 2.41. The third kappa shape index (κ3) is 2.96. The third-order valence-corrected chi connectivity index (χ3v) is 3.67. The maximum absolute atomic E-state index is 11.2. The van der Waals surface area contributed by atoms with Gasteiger partial charge in [-0.3, -0.25) is 10.1 Å². The van der Waals surface area contributed by atoms with Gasteiger partial charge in [-0.05, 0) is 25.9 Å². The molecule has 2 atom stereocenters. The van der Waals surface area contributed by atoms with E-state index in [-0.39, 0.29) is 23.4 Å². The van der Waals surface area contributed by atoms with E-state index in [1.807, 2.05) is 0 Å². The van der Waals surface area contributed by atoms with Crippen molar-refractivity contribution in [1.82, 2.24) is 14.9 Å². The van der Waals surface area contributed by atoms with E-state index in [0.717, 1.165) is 19.5 Å². The van der Waals surface area contributed by atoms with Crippen LogP contribution in [-0.4, -0.2) is 53.0 Å². The van der Waals surface area contributed by atoms with Crippen LogP contribution in [0.5, 0.6) is 0 Å². The van der Waals surface area contributed by atoms with Crippen molar-refractivity contribution in [3.8, 4) is 0 Å². The molecule has 0 aliphatic carbocycles. The molecule has 1 aliphatic rings. The zero-order chi connectivity index (χ0) is 14.7. The summed E-state index contributed by atoms with van der Waals surface area (Å²) < 4.78 is 0. The lowest BCUT2D eigenvalue weighted by atomic mass is 9.94. The molecule has 2 unspecified atom stereocenters. The Labute approximate surface area is 117 Å². The molecule has 0 saturated carbocycles. The van der Waals surface area contributed by atoms with Crippen molar-refractivity contribution < 1.29 is 4.92 Å². The van der Waals surface area contributed by atoms with Gasteiger partial charge in [-0.1, -0.05) is 6.92 Å². The van der Waals surface area contributed by atoms with Crippen molar-refractivity contribution in [2.45, 2.75) is 19.4 Å². The number of hydrogen-bond donors (Lipinski definition) is 2. The predicted molar refractivity (Wildman–Crippen MR) is 76.9 cm³/mol. The number of rotatable bonds is 4. The van der Waals surface area contributed by atoms with E-state index in [1.54, 1.807) is 7.05 Å². The van der Waals surface area contributed by atoms with Crippen LogP contribution >= 0.6 is 0 Å². The van der Waals surface area contributed by atoms with Crippen molar-refractivity contribution in [3.63, 3.8) is 0 Å². The molecule has 0 aromatic carbocycles. The Morgan fingerprint density at radius 2 is 2.15 bits per heavy atom. The van der Waals surface area contributed by atoms with Gasteiger partial charge in [0.25, 0.3) is 0 Å². The fraction of sp³-hybridized carbons (Fsp3) is 0.667. The summed E-state index contributed by atoms with van der Waals surface area (Å²) in [6.45, 7) is 4.08. The van der Waals surface area contributed by atoms with E-state index in [1.165, 1.54) is 6.33 Å². The summed E-state index contributed by atoms with van der Waals surface area (Å²) in [5.74, 6) is 0.921. The van der Waals surface area contributed by atoms with E-state index in [2.05, 4.69) is 39.5 Å². The molecule has 1 aromatic heterocycles. The highest BCUT2D eigenvalue weighted by Gasteiger charge is 2.28. The number of nitrogens with zero attached hydrogens (tertiary/aromatic N) is 4. The molecule has 2 heterocycles. The summed E-state index contributed by atoms with van der Waals surface area (Å²) in [6, 6.07) is 0.185. The van der Waals surface area contributed by atoms with E-state index < -0.39 is 4.92 Å². The molecule has 8 heteroatoms. The fourth-order valence-electron chi connectivity index (χ4n) is 2.58. The Morgan fingerprint density at radius 3 is 2.75 bits per heavy atom. The smallest absolute Gasteiger partial charge is 0.353 e. The monoisotopic (exact) mass is 280 g/mol. The second kappa shape index (κ2) is 6.00. The molecule has 1 fully saturated rings. The molecule has 0 spiro atoms. The number of aromatic nitrogens is 2. The van der Waals surface area contributed by atoms with E-state index >= 15 is 0 Å². The number of nitrogens with one attached hydrogen (secondary N) is 2. The van der Waals surface area contributed by atoms with E-state index in [9.17, 15) is 10.1 Å². The van der Waals surface area contributed by atoms with Crippen LogP contribution in [0.3, 0.4) is 0 Å². The molecule has 0 radical (unpaired) electrons. The first-order valence-corrected chi connectivity index (χ1v) is 6.65. The number of likely N-dealkylation sites (tertiary alicyclic amines) is 1. The van der Waals surface area contributed by atoms with Crippen LogP contribution < -0.4 is 10.6 Å². The first-order chi connectivity index (χ1) is 9.52. The molecule has 0 amide bonds. The van der Waals surface area contributed by atoms with Crippen molar-refractivity contribution in [1.29, 1.82) is 0 Å². The summed E-state index contributed by atoms with van der Waals surface area (Å²) in [6.07, 6.45) is 2.27. The molecule has 1 saturated heterocycles. The largest absolute Gasteiger partial charge is 0.367 e. The summed E-state index contributed by atoms with van der Waals surface area (Å²) in [5.41, 5.74) is -0.0962. The Morgan fingerprint density at radius 1 is 1.45 bits per heavy atom. The highest BCUT2D eigenvalue weighted by atomic mass is 16.6. The summed E-state index contributed by atoms with van der Waals surface area (Å²) in [7, 11) is 3.69. The second-order valence-electron chi connectivity index (χ2n) is 5.21. The quantitative estimate of drug-likeness (QED) is 0.631. The molecular formula is C12H20N6O2. The van der Waals surface area contributed by atoms with Gasteiger partial charge in [-0.15, -0.1) is 0 Å². The molecule has 110 valence electrons. The van der Waals surface area contributed by atoms with Gasteiger partial charge in [0.1, 0.15) is 6.33 Å². The minimum Gasteiger partial charge on any atom is -0.367 e. The van der Waals surface area contributed by atoms with Gasteiger partial charge in [0, 0.05) is 19.6 Å². The summed E-state index contributed by atoms with van der Waals surface area (Å²) >= 11 is 0. The minimum absolute atomic E-state index is 0.0962. The fourth-order valence-corrected chi connectivity index (χ4v) is 2.58. The predicted octanol–water partition coefficient (Wildman–Crippen LogP) is 1.18. The van der Waals surface area contributed by atoms with E-state index in [0.29, 0.717) is 5.92 Å². The molecule has 1 aliphatic heterocycles. The van der Waals surface area contributed by atoms with Gasteiger partial charge in [0.05, 0.1) is 4.92 Å². The van der Waals surface area contributed by atoms with Crippen molar-refractivity contribution in [2.24, 2.45) is 5.92 Å². The van der Waals surface area contributed by atoms with Gasteiger partial charge >= 0.3 is 5.69 Å². The Hall–Kier alpha value is -1.96. The number of hydrogen-bond acceptors (Lipinski definition) is 7. The van der Waals surface area contributed by atoms with Crippen LogP contribution in [0, 0.1) is 16.0 Å². The zero-order valence-corrected chi connectivity index (χ0v) is 12.0. The average molecular weight is 280 g/mol. The maximum Gasteiger partial charge on any atom is 0.353 e. The molecule has 8 nitrogen and oxygen atoms in total. The Kier molecular flexibility index (Phi) is 4.33. The van der Waals surface area contributed by atoms with Crippen LogP contribution in [0.25, 0.3) is 0 Å². The maximum atomic E-state index is 11.2. The normalized spacial score (nSPS) is 23.4. The Balaban J connectivity index is 2.23. The van der Waals surface area contributed by atoms with Crippen LogP contribution in [0.15, 0.2) is 6.33 Å². The Bertz CT molecular complexity index is 495. The van der Waals surface area contributed by atoms with Crippen LogP contribution in [0.4, 0.5) is 17.3 Å². The molecule has 2 N–H and O–H groups in total. The second-order valence-corrected chi connectivity index (χ2v) is 5.21. The lowest BCUT2D eigenvalue weighted by Crippen LogP contribution is -2.43. The van der Waals surface area contributed by atoms with Gasteiger partial charge in [-0.25, -0.2) is 9.97 Å². The van der Waals surface area contributed by atoms with Crippen molar-refractivity contribution in [2.75, 3.05) is 37.8 Å². The topological polar surface area (TPSA) is 96.2 Å². The third-order valence-electron chi connectivity index (χ3n) is 3.67. The summed E-state index contributed by atoms with van der Waals surface area (Å²) in [5, 5.41) is 17.2. The van der Waals surface area contributed by atoms with Crippen molar-refractivity contribution >= 4 is 17.3 Å². The lowest BCUT2D eigenvalue weighted by Gasteiger charge is -2.35. The van der Waals surface area contributed by atoms with Gasteiger partial charge in [-0.2, -0.15) is 0 Å². The first kappa shape index (κ1) is 14.4.